The quantitative estimate of drug-likeness (QED) is 0.481. The van der Waals surface area contributed by atoms with Crippen LogP contribution in [0.1, 0.15) is 16.7 Å². The lowest BCUT2D eigenvalue weighted by molar-refractivity contribution is -0.113. The van der Waals surface area contributed by atoms with E-state index >= 15 is 0 Å². The molecule has 4 aromatic rings. The van der Waals surface area contributed by atoms with Gasteiger partial charge in [-0.05, 0) is 72.2 Å². The van der Waals surface area contributed by atoms with Crippen molar-refractivity contribution in [3.63, 3.8) is 0 Å². The molecule has 1 N–H and O–H groups in total. The molecule has 0 spiro atoms. The SMILES string of the molecule is Cc1cc(C)cc(-n2ccnc2SCC(=O)Nc2ccc(C)c(-n3cnnn3)c2)c1. The Morgan fingerprint density at radius 3 is 2.63 bits per heavy atom. The summed E-state index contributed by atoms with van der Waals surface area (Å²) in [6.45, 7) is 6.10. The maximum absolute atomic E-state index is 12.5. The number of nitrogens with zero attached hydrogens (tertiary/aromatic N) is 6. The Kier molecular flexibility index (Phi) is 5.62. The first-order valence-electron chi connectivity index (χ1n) is 9.38. The fourth-order valence-electron chi connectivity index (χ4n) is 3.22. The van der Waals surface area contributed by atoms with Crippen LogP contribution in [0.3, 0.4) is 0 Å². The molecule has 2 heterocycles. The summed E-state index contributed by atoms with van der Waals surface area (Å²) in [6.07, 6.45) is 5.18. The first-order valence-corrected chi connectivity index (χ1v) is 10.4. The molecular formula is C21H21N7OS. The van der Waals surface area contributed by atoms with Crippen LogP contribution in [-0.4, -0.2) is 41.4 Å². The average Bonchev–Trinajstić information content (AvgIpc) is 3.39. The monoisotopic (exact) mass is 419 g/mol. The second kappa shape index (κ2) is 8.50. The number of nitrogens with one attached hydrogen (secondary N) is 1. The van der Waals surface area contributed by atoms with Crippen molar-refractivity contribution in [1.82, 2.24) is 29.8 Å². The number of benzene rings is 2. The zero-order valence-electron chi connectivity index (χ0n) is 16.9. The van der Waals surface area contributed by atoms with E-state index in [4.69, 9.17) is 0 Å². The minimum atomic E-state index is -0.110. The number of carbonyl (C=O) groups is 1. The highest BCUT2D eigenvalue weighted by Gasteiger charge is 2.11. The van der Waals surface area contributed by atoms with Crippen LogP contribution in [0.2, 0.25) is 0 Å². The lowest BCUT2D eigenvalue weighted by Crippen LogP contribution is -2.15. The summed E-state index contributed by atoms with van der Waals surface area (Å²) in [4.78, 5) is 16.9. The third-order valence-corrected chi connectivity index (χ3v) is 5.48. The number of amides is 1. The van der Waals surface area contributed by atoms with E-state index in [1.54, 1.807) is 10.9 Å². The van der Waals surface area contributed by atoms with Crippen molar-refractivity contribution in [3.8, 4) is 11.4 Å². The van der Waals surface area contributed by atoms with Gasteiger partial charge in [-0.15, -0.1) is 5.10 Å². The summed E-state index contributed by atoms with van der Waals surface area (Å²) < 4.78 is 3.57. The van der Waals surface area contributed by atoms with Gasteiger partial charge in [-0.1, -0.05) is 23.9 Å². The number of hydrogen-bond acceptors (Lipinski definition) is 6. The standard InChI is InChI=1S/C21H21N7OS/c1-14-8-15(2)10-18(9-14)27-7-6-22-21(27)30-12-20(29)24-17-5-4-16(3)19(11-17)28-13-23-25-26-28/h4-11,13H,12H2,1-3H3,(H,24,29). The molecule has 0 aliphatic rings. The fourth-order valence-corrected chi connectivity index (χ4v) is 3.99. The van der Waals surface area contributed by atoms with Gasteiger partial charge in [0.15, 0.2) is 5.16 Å². The zero-order valence-corrected chi connectivity index (χ0v) is 17.7. The van der Waals surface area contributed by atoms with E-state index in [9.17, 15) is 4.79 Å². The van der Waals surface area contributed by atoms with Crippen LogP contribution in [0, 0.1) is 20.8 Å². The average molecular weight is 420 g/mol. The highest BCUT2D eigenvalue weighted by Crippen LogP contribution is 2.23. The molecule has 0 aliphatic heterocycles. The topological polar surface area (TPSA) is 90.5 Å². The van der Waals surface area contributed by atoms with E-state index in [0.717, 1.165) is 22.1 Å². The Balaban J connectivity index is 1.44. The van der Waals surface area contributed by atoms with Gasteiger partial charge < -0.3 is 5.32 Å². The molecule has 30 heavy (non-hydrogen) atoms. The van der Waals surface area contributed by atoms with E-state index in [2.05, 4.69) is 57.9 Å². The molecule has 9 heteroatoms. The molecule has 2 aromatic heterocycles. The Morgan fingerprint density at radius 2 is 1.90 bits per heavy atom. The van der Waals surface area contributed by atoms with E-state index in [-0.39, 0.29) is 11.7 Å². The van der Waals surface area contributed by atoms with Gasteiger partial charge in [0.1, 0.15) is 6.33 Å². The van der Waals surface area contributed by atoms with Gasteiger partial charge in [0.2, 0.25) is 5.91 Å². The number of hydrogen-bond donors (Lipinski definition) is 1. The van der Waals surface area contributed by atoms with E-state index in [0.29, 0.717) is 5.69 Å². The van der Waals surface area contributed by atoms with Gasteiger partial charge in [-0.2, -0.15) is 0 Å². The summed E-state index contributed by atoms with van der Waals surface area (Å²) in [5, 5.41) is 14.9. The minimum Gasteiger partial charge on any atom is -0.325 e. The van der Waals surface area contributed by atoms with E-state index in [1.165, 1.54) is 29.2 Å². The number of aryl methyl sites for hydroxylation is 3. The summed E-state index contributed by atoms with van der Waals surface area (Å²) in [5.41, 5.74) is 5.92. The van der Waals surface area contributed by atoms with Gasteiger partial charge in [0.25, 0.3) is 0 Å². The normalized spacial score (nSPS) is 10.9. The number of tetrazole rings is 1. The zero-order chi connectivity index (χ0) is 21.1. The molecule has 0 saturated carbocycles. The van der Waals surface area contributed by atoms with E-state index in [1.807, 2.05) is 35.9 Å². The van der Waals surface area contributed by atoms with Gasteiger partial charge in [0.05, 0.1) is 11.4 Å². The van der Waals surface area contributed by atoms with Gasteiger partial charge in [0, 0.05) is 23.8 Å². The van der Waals surface area contributed by atoms with Crippen molar-refractivity contribution < 1.29 is 4.79 Å². The maximum Gasteiger partial charge on any atom is 0.234 e. The number of rotatable bonds is 6. The summed E-state index contributed by atoms with van der Waals surface area (Å²) >= 11 is 1.39. The Labute approximate surface area is 178 Å². The number of anilines is 1. The number of aromatic nitrogens is 6. The summed E-state index contributed by atoms with van der Waals surface area (Å²) in [7, 11) is 0. The van der Waals surface area contributed by atoms with Crippen molar-refractivity contribution in [3.05, 3.63) is 71.8 Å². The molecule has 1 amide bonds. The molecule has 0 fully saturated rings. The van der Waals surface area contributed by atoms with Crippen LogP contribution in [0.25, 0.3) is 11.4 Å². The second-order valence-corrected chi connectivity index (χ2v) is 7.96. The Hall–Kier alpha value is -3.46. The lowest BCUT2D eigenvalue weighted by atomic mass is 10.1. The lowest BCUT2D eigenvalue weighted by Gasteiger charge is -2.11. The van der Waals surface area contributed by atoms with Gasteiger partial charge in [-0.25, -0.2) is 9.67 Å². The Bertz CT molecular complexity index is 1160. The van der Waals surface area contributed by atoms with Crippen molar-refractivity contribution in [1.29, 1.82) is 0 Å². The number of imidazole rings is 1. The predicted octanol–water partition coefficient (Wildman–Crippen LogP) is 3.50. The van der Waals surface area contributed by atoms with Crippen molar-refractivity contribution in [2.75, 3.05) is 11.1 Å². The highest BCUT2D eigenvalue weighted by molar-refractivity contribution is 7.99. The van der Waals surface area contributed by atoms with E-state index < -0.39 is 0 Å². The molecular weight excluding hydrogens is 398 g/mol. The molecule has 0 bridgehead atoms. The maximum atomic E-state index is 12.5. The second-order valence-electron chi connectivity index (χ2n) is 7.02. The predicted molar refractivity (Wildman–Crippen MR) is 116 cm³/mol. The largest absolute Gasteiger partial charge is 0.325 e. The smallest absolute Gasteiger partial charge is 0.234 e. The van der Waals surface area contributed by atoms with Crippen LogP contribution < -0.4 is 5.32 Å². The third-order valence-electron chi connectivity index (χ3n) is 4.51. The molecule has 0 unspecified atom stereocenters. The van der Waals surface area contributed by atoms with Crippen LogP contribution in [0.15, 0.2) is 60.3 Å². The molecule has 4 rings (SSSR count). The number of carbonyl (C=O) groups excluding carboxylic acids is 1. The van der Waals surface area contributed by atoms with Gasteiger partial charge >= 0.3 is 0 Å². The van der Waals surface area contributed by atoms with Crippen LogP contribution in [-0.2, 0) is 4.79 Å². The highest BCUT2D eigenvalue weighted by atomic mass is 32.2. The summed E-state index contributed by atoms with van der Waals surface area (Å²) in [6, 6.07) is 12.0. The molecule has 152 valence electrons. The summed E-state index contributed by atoms with van der Waals surface area (Å²) in [5.74, 6) is 0.136. The molecule has 2 aromatic carbocycles. The van der Waals surface area contributed by atoms with Crippen LogP contribution in [0.5, 0.6) is 0 Å². The minimum absolute atomic E-state index is 0.110. The first kappa shape index (κ1) is 19.8. The van der Waals surface area contributed by atoms with Crippen molar-refractivity contribution in [2.24, 2.45) is 0 Å². The molecule has 0 saturated heterocycles. The number of thioether (sulfide) groups is 1. The molecule has 8 nitrogen and oxygen atoms in total. The third kappa shape index (κ3) is 4.41. The molecule has 0 atom stereocenters. The van der Waals surface area contributed by atoms with Crippen molar-refractivity contribution >= 4 is 23.4 Å². The Morgan fingerprint density at radius 1 is 1.10 bits per heavy atom. The van der Waals surface area contributed by atoms with Crippen LogP contribution in [0.4, 0.5) is 5.69 Å². The van der Waals surface area contributed by atoms with Gasteiger partial charge in [-0.3, -0.25) is 9.36 Å². The van der Waals surface area contributed by atoms with Crippen LogP contribution >= 0.6 is 11.8 Å². The fraction of sp³-hybridized carbons (Fsp3) is 0.190. The molecule has 0 aliphatic carbocycles. The van der Waals surface area contributed by atoms with Crippen molar-refractivity contribution in [2.45, 2.75) is 25.9 Å². The molecule has 0 radical (unpaired) electrons. The first-order chi connectivity index (χ1) is 14.5.